The molecule has 0 bridgehead atoms. The lowest BCUT2D eigenvalue weighted by molar-refractivity contribution is -0.210. The number of nitrogens with zero attached hydrogens (tertiary/aromatic N) is 1. The molecule has 5 fully saturated rings. The topological polar surface area (TPSA) is 79.1 Å². The van der Waals surface area contributed by atoms with Gasteiger partial charge >= 0.3 is 5.97 Å². The number of oxime groups is 1. The van der Waals surface area contributed by atoms with Crippen LogP contribution in [0.25, 0.3) is 0 Å². The fourth-order valence-corrected chi connectivity index (χ4v) is 8.75. The summed E-state index contributed by atoms with van der Waals surface area (Å²) in [6.45, 7) is 6.49. The molecular formula is C25H39NO4. The molecule has 0 aromatic carbocycles. The Morgan fingerprint density at radius 2 is 1.77 bits per heavy atom. The molecule has 0 amide bonds. The van der Waals surface area contributed by atoms with Gasteiger partial charge in [-0.1, -0.05) is 6.92 Å². The molecule has 1 spiro atoms. The van der Waals surface area contributed by atoms with Crippen molar-refractivity contribution >= 4 is 12.2 Å². The number of ether oxygens (including phenoxy) is 1. The summed E-state index contributed by atoms with van der Waals surface area (Å²) in [5.74, 6) is 3.29. The smallest absolute Gasteiger partial charge is 0.312 e. The maximum atomic E-state index is 12.8. The van der Waals surface area contributed by atoms with E-state index in [1.54, 1.807) is 6.21 Å². The van der Waals surface area contributed by atoms with Gasteiger partial charge in [0.15, 0.2) is 0 Å². The number of carbonyl (C=O) groups is 1. The van der Waals surface area contributed by atoms with Crippen LogP contribution in [0.3, 0.4) is 0 Å². The van der Waals surface area contributed by atoms with E-state index < -0.39 is 0 Å². The second-order valence-corrected chi connectivity index (χ2v) is 12.2. The number of aliphatic hydroxyl groups is 1. The van der Waals surface area contributed by atoms with Crippen LogP contribution in [0.5, 0.6) is 0 Å². The van der Waals surface area contributed by atoms with Crippen LogP contribution in [0, 0.1) is 46.3 Å². The van der Waals surface area contributed by atoms with Crippen molar-refractivity contribution < 1.29 is 19.8 Å². The average Bonchev–Trinajstić information content (AvgIpc) is 2.98. The predicted molar refractivity (Wildman–Crippen MR) is 114 cm³/mol. The number of fused-ring (bicyclic) bond motifs is 6. The maximum absolute atomic E-state index is 12.8. The average molecular weight is 418 g/mol. The zero-order valence-corrected chi connectivity index (χ0v) is 18.8. The van der Waals surface area contributed by atoms with Crippen molar-refractivity contribution in [3.8, 4) is 0 Å². The molecule has 9 atom stereocenters. The number of esters is 1. The Morgan fingerprint density at radius 1 is 0.967 bits per heavy atom. The summed E-state index contributed by atoms with van der Waals surface area (Å²) in [6, 6.07) is 0. The van der Waals surface area contributed by atoms with Crippen molar-refractivity contribution in [3.05, 3.63) is 0 Å². The van der Waals surface area contributed by atoms with E-state index in [0.717, 1.165) is 38.5 Å². The Labute approximate surface area is 180 Å². The Bertz CT molecular complexity index is 735. The van der Waals surface area contributed by atoms with Gasteiger partial charge in [-0.15, -0.1) is 5.16 Å². The highest BCUT2D eigenvalue weighted by molar-refractivity contribution is 5.77. The summed E-state index contributed by atoms with van der Waals surface area (Å²) in [5.41, 5.74) is -0.491. The first-order valence-electron chi connectivity index (χ1n) is 12.3. The van der Waals surface area contributed by atoms with Gasteiger partial charge in [0.2, 0.25) is 0 Å². The monoisotopic (exact) mass is 417 g/mol. The summed E-state index contributed by atoms with van der Waals surface area (Å²) in [5, 5.41) is 22.8. The van der Waals surface area contributed by atoms with Crippen molar-refractivity contribution in [1.29, 1.82) is 0 Å². The van der Waals surface area contributed by atoms with E-state index in [9.17, 15) is 9.90 Å². The highest BCUT2D eigenvalue weighted by atomic mass is 16.6. The third kappa shape index (κ3) is 2.83. The predicted octanol–water partition coefficient (Wildman–Crippen LogP) is 4.79. The summed E-state index contributed by atoms with van der Waals surface area (Å²) in [7, 11) is 0. The lowest BCUT2D eigenvalue weighted by Gasteiger charge is -2.59. The van der Waals surface area contributed by atoms with Gasteiger partial charge in [0, 0.05) is 17.5 Å². The molecule has 8 unspecified atom stereocenters. The largest absolute Gasteiger partial charge is 0.458 e. The normalized spacial score (nSPS) is 52.5. The van der Waals surface area contributed by atoms with Crippen molar-refractivity contribution in [1.82, 2.24) is 0 Å². The summed E-state index contributed by atoms with van der Waals surface area (Å²) in [6.07, 6.45) is 12.0. The van der Waals surface area contributed by atoms with Crippen molar-refractivity contribution in [2.45, 2.75) is 96.7 Å². The zero-order chi connectivity index (χ0) is 21.3. The molecule has 2 N–H and O–H groups in total. The second-order valence-electron chi connectivity index (χ2n) is 12.2. The molecule has 0 aromatic rings. The summed E-state index contributed by atoms with van der Waals surface area (Å²) >= 11 is 0. The molecule has 4 saturated carbocycles. The molecule has 5 aliphatic rings. The summed E-state index contributed by atoms with van der Waals surface area (Å²) in [4.78, 5) is 12.8. The molecule has 1 heterocycles. The lowest BCUT2D eigenvalue weighted by atomic mass is 9.48. The zero-order valence-electron chi connectivity index (χ0n) is 18.8. The molecule has 0 aromatic heterocycles. The van der Waals surface area contributed by atoms with Crippen LogP contribution in [0.1, 0.15) is 85.0 Å². The maximum Gasteiger partial charge on any atom is 0.312 e. The number of rotatable bonds is 1. The molecule has 4 aliphatic carbocycles. The number of aliphatic hydroxyl groups excluding tert-OH is 1. The molecule has 5 heteroatoms. The number of hydrogen-bond donors (Lipinski definition) is 2. The van der Waals surface area contributed by atoms with Crippen LogP contribution in [0.4, 0.5) is 0 Å². The molecule has 1 saturated heterocycles. The van der Waals surface area contributed by atoms with E-state index in [2.05, 4.69) is 12.1 Å². The van der Waals surface area contributed by atoms with Crippen LogP contribution < -0.4 is 0 Å². The van der Waals surface area contributed by atoms with Gasteiger partial charge in [-0.05, 0) is 108 Å². The minimum Gasteiger partial charge on any atom is -0.458 e. The minimum atomic E-state index is -0.368. The Morgan fingerprint density at radius 3 is 2.50 bits per heavy atom. The Hall–Kier alpha value is -1.10. The molecule has 1 aliphatic heterocycles. The van der Waals surface area contributed by atoms with Crippen LogP contribution in [-0.2, 0) is 9.53 Å². The van der Waals surface area contributed by atoms with E-state index in [0.29, 0.717) is 29.6 Å². The molecular weight excluding hydrogens is 378 g/mol. The minimum absolute atomic E-state index is 0.00820. The van der Waals surface area contributed by atoms with Crippen molar-refractivity contribution in [3.63, 3.8) is 0 Å². The van der Waals surface area contributed by atoms with E-state index in [-0.39, 0.29) is 34.4 Å². The van der Waals surface area contributed by atoms with Crippen LogP contribution in [-0.4, -0.2) is 34.2 Å². The molecule has 30 heavy (non-hydrogen) atoms. The van der Waals surface area contributed by atoms with E-state index >= 15 is 0 Å². The molecule has 5 nitrogen and oxygen atoms in total. The SMILES string of the molecule is CC1(C)CC[C@@]2(CCC3C4CCC5CC(O)C(/C=N/O)CC5C4CCC32C)OC1=O. The number of carbonyl (C=O) groups excluding carboxylic acids is 1. The molecule has 0 radical (unpaired) electrons. The first kappa shape index (κ1) is 20.8. The van der Waals surface area contributed by atoms with Crippen LogP contribution >= 0.6 is 0 Å². The fraction of sp³-hybridized carbons (Fsp3) is 0.920. The first-order chi connectivity index (χ1) is 14.2. The van der Waals surface area contributed by atoms with Gasteiger partial charge in [0.25, 0.3) is 0 Å². The Kier molecular flexibility index (Phi) is 4.81. The third-order valence-electron chi connectivity index (χ3n) is 10.6. The fourth-order valence-electron chi connectivity index (χ4n) is 8.75. The van der Waals surface area contributed by atoms with Crippen LogP contribution in [0.15, 0.2) is 5.16 Å². The highest BCUT2D eigenvalue weighted by Crippen LogP contribution is 2.68. The van der Waals surface area contributed by atoms with Gasteiger partial charge in [0.1, 0.15) is 5.60 Å². The third-order valence-corrected chi connectivity index (χ3v) is 10.6. The van der Waals surface area contributed by atoms with Gasteiger partial charge in [-0.25, -0.2) is 0 Å². The van der Waals surface area contributed by atoms with Crippen molar-refractivity contribution in [2.24, 2.45) is 51.5 Å². The van der Waals surface area contributed by atoms with Gasteiger partial charge in [0.05, 0.1) is 11.5 Å². The van der Waals surface area contributed by atoms with E-state index in [1.165, 1.54) is 25.7 Å². The van der Waals surface area contributed by atoms with Crippen molar-refractivity contribution in [2.75, 3.05) is 0 Å². The second kappa shape index (κ2) is 6.95. The summed E-state index contributed by atoms with van der Waals surface area (Å²) < 4.78 is 6.35. The standard InChI is InChI=1S/C25H39NO4/c1-23(2)10-11-25(30-22(23)28)9-7-20-18-5-4-15-13-21(27)16(14-26-29)12-19(15)17(18)6-8-24(20,25)3/h14-21,27,29H,4-13H2,1-3H3/b26-14+/t15?,16?,17?,18?,19?,20?,21?,24?,25-/m1/s1. The highest BCUT2D eigenvalue weighted by Gasteiger charge is 2.66. The van der Waals surface area contributed by atoms with Gasteiger partial charge < -0.3 is 15.1 Å². The lowest BCUT2D eigenvalue weighted by Crippen LogP contribution is -2.58. The Balaban J connectivity index is 1.38. The van der Waals surface area contributed by atoms with E-state index in [4.69, 9.17) is 9.94 Å². The first-order valence-corrected chi connectivity index (χ1v) is 12.3. The quantitative estimate of drug-likeness (QED) is 0.278. The van der Waals surface area contributed by atoms with Gasteiger partial charge in [-0.2, -0.15) is 0 Å². The van der Waals surface area contributed by atoms with Gasteiger partial charge in [-0.3, -0.25) is 4.79 Å². The van der Waals surface area contributed by atoms with Crippen LogP contribution in [0.2, 0.25) is 0 Å². The number of hydrogen-bond acceptors (Lipinski definition) is 5. The molecule has 5 rings (SSSR count). The molecule has 168 valence electrons. The van der Waals surface area contributed by atoms with E-state index in [1.807, 2.05) is 13.8 Å².